The Labute approximate surface area is 120 Å². The molecule has 3 nitrogen and oxygen atoms in total. The topological polar surface area (TPSA) is 29.5 Å². The summed E-state index contributed by atoms with van der Waals surface area (Å²) in [7, 11) is 1.61. The van der Waals surface area contributed by atoms with Crippen LogP contribution in [0.15, 0.2) is 23.1 Å². The van der Waals surface area contributed by atoms with Gasteiger partial charge in [0.1, 0.15) is 5.75 Å². The Morgan fingerprint density at radius 1 is 1.37 bits per heavy atom. The molecule has 0 N–H and O–H groups in total. The number of carbonyl (C=O) groups excluding carboxylic acids is 1. The van der Waals surface area contributed by atoms with Crippen molar-refractivity contribution in [2.45, 2.75) is 31.6 Å². The van der Waals surface area contributed by atoms with E-state index in [1.807, 2.05) is 36.3 Å². The van der Waals surface area contributed by atoms with Crippen LogP contribution in [0, 0.1) is 0 Å². The van der Waals surface area contributed by atoms with Gasteiger partial charge in [-0.05, 0) is 37.8 Å². The molecule has 0 radical (unpaired) electrons. The van der Waals surface area contributed by atoms with Crippen LogP contribution in [-0.2, 0) is 0 Å². The maximum atomic E-state index is 12.5. The molecule has 1 amide bonds. The van der Waals surface area contributed by atoms with Crippen molar-refractivity contribution in [1.82, 2.24) is 4.90 Å². The number of amides is 1. The van der Waals surface area contributed by atoms with Gasteiger partial charge in [0, 0.05) is 18.0 Å². The smallest absolute Gasteiger partial charge is 0.257 e. The lowest BCUT2D eigenvalue weighted by atomic mass is 10.1. The molecule has 0 unspecified atom stereocenters. The number of unbranched alkanes of at least 4 members (excludes halogenated alkanes) is 1. The second-order valence-electron chi connectivity index (χ2n) is 4.30. The van der Waals surface area contributed by atoms with Gasteiger partial charge in [-0.2, -0.15) is 0 Å². The molecule has 0 atom stereocenters. The highest BCUT2D eigenvalue weighted by Crippen LogP contribution is 2.26. The highest BCUT2D eigenvalue weighted by molar-refractivity contribution is 7.98. The number of nitrogens with zero attached hydrogens (tertiary/aromatic N) is 1. The van der Waals surface area contributed by atoms with E-state index in [9.17, 15) is 4.79 Å². The second-order valence-corrected chi connectivity index (χ2v) is 5.18. The number of methoxy groups -OCH3 is 1. The quantitative estimate of drug-likeness (QED) is 0.714. The molecule has 106 valence electrons. The predicted molar refractivity (Wildman–Crippen MR) is 81.3 cm³/mol. The lowest BCUT2D eigenvalue weighted by Crippen LogP contribution is -2.32. The van der Waals surface area contributed by atoms with Crippen molar-refractivity contribution >= 4 is 17.7 Å². The zero-order valence-corrected chi connectivity index (χ0v) is 13.0. The van der Waals surface area contributed by atoms with Crippen LogP contribution in [0.5, 0.6) is 5.75 Å². The van der Waals surface area contributed by atoms with E-state index in [1.54, 1.807) is 18.9 Å². The molecule has 0 spiro atoms. The normalized spacial score (nSPS) is 10.3. The fourth-order valence-corrected chi connectivity index (χ4v) is 2.33. The first-order valence-corrected chi connectivity index (χ1v) is 7.91. The van der Waals surface area contributed by atoms with Gasteiger partial charge in [0.05, 0.1) is 12.7 Å². The first-order chi connectivity index (χ1) is 9.17. The van der Waals surface area contributed by atoms with Crippen LogP contribution >= 0.6 is 11.8 Å². The summed E-state index contributed by atoms with van der Waals surface area (Å²) in [5.41, 5.74) is 0.651. The van der Waals surface area contributed by atoms with E-state index in [0.717, 1.165) is 30.8 Å². The summed E-state index contributed by atoms with van der Waals surface area (Å²) in [5.74, 6) is 0.715. The summed E-state index contributed by atoms with van der Waals surface area (Å²) in [4.78, 5) is 15.5. The Kier molecular flexibility index (Phi) is 6.78. The molecule has 19 heavy (non-hydrogen) atoms. The molecule has 0 heterocycles. The van der Waals surface area contributed by atoms with E-state index in [0.29, 0.717) is 11.3 Å². The number of thioether (sulfide) groups is 1. The fourth-order valence-electron chi connectivity index (χ4n) is 1.90. The molecule has 0 aliphatic heterocycles. The number of rotatable bonds is 7. The van der Waals surface area contributed by atoms with Crippen molar-refractivity contribution in [2.24, 2.45) is 0 Å². The van der Waals surface area contributed by atoms with Crippen LogP contribution in [0.3, 0.4) is 0 Å². The third-order valence-electron chi connectivity index (χ3n) is 3.09. The highest BCUT2D eigenvalue weighted by Gasteiger charge is 2.18. The van der Waals surface area contributed by atoms with Crippen molar-refractivity contribution in [3.05, 3.63) is 23.8 Å². The van der Waals surface area contributed by atoms with Gasteiger partial charge in [-0.25, -0.2) is 0 Å². The van der Waals surface area contributed by atoms with Crippen LogP contribution in [0.25, 0.3) is 0 Å². The van der Waals surface area contributed by atoms with Crippen LogP contribution in [0.4, 0.5) is 0 Å². The van der Waals surface area contributed by atoms with Gasteiger partial charge in [-0.3, -0.25) is 4.79 Å². The molecule has 0 saturated carbocycles. The molecule has 0 bridgehead atoms. The van der Waals surface area contributed by atoms with Gasteiger partial charge < -0.3 is 9.64 Å². The summed E-state index contributed by atoms with van der Waals surface area (Å²) in [6.07, 6.45) is 4.13. The summed E-state index contributed by atoms with van der Waals surface area (Å²) in [5, 5.41) is 0. The average molecular weight is 281 g/mol. The number of carbonyl (C=O) groups is 1. The first kappa shape index (κ1) is 15.9. The minimum atomic E-state index is 0.0560. The minimum absolute atomic E-state index is 0.0560. The van der Waals surface area contributed by atoms with Gasteiger partial charge in [-0.1, -0.05) is 13.3 Å². The van der Waals surface area contributed by atoms with Crippen molar-refractivity contribution in [3.8, 4) is 5.75 Å². The molecule has 1 aromatic carbocycles. The molecular formula is C15H23NO2S. The van der Waals surface area contributed by atoms with Crippen molar-refractivity contribution in [1.29, 1.82) is 0 Å². The first-order valence-electron chi connectivity index (χ1n) is 6.69. The lowest BCUT2D eigenvalue weighted by Gasteiger charge is -2.22. The number of ether oxygens (including phenoxy) is 1. The van der Waals surface area contributed by atoms with E-state index in [4.69, 9.17) is 4.74 Å². The van der Waals surface area contributed by atoms with Crippen LogP contribution in [-0.4, -0.2) is 37.3 Å². The summed E-state index contributed by atoms with van der Waals surface area (Å²) >= 11 is 1.64. The van der Waals surface area contributed by atoms with Crippen molar-refractivity contribution < 1.29 is 9.53 Å². The average Bonchev–Trinajstić information content (AvgIpc) is 2.46. The summed E-state index contributed by atoms with van der Waals surface area (Å²) in [6.45, 7) is 5.67. The Hall–Kier alpha value is -1.16. The maximum absolute atomic E-state index is 12.5. The fraction of sp³-hybridized carbons (Fsp3) is 0.533. The maximum Gasteiger partial charge on any atom is 0.257 e. The second kappa shape index (κ2) is 8.10. The molecule has 0 aliphatic rings. The predicted octanol–water partition coefficient (Wildman–Crippen LogP) is 3.68. The molecule has 1 aromatic rings. The number of hydrogen-bond donors (Lipinski definition) is 0. The third-order valence-corrected chi connectivity index (χ3v) is 3.81. The molecule has 4 heteroatoms. The minimum Gasteiger partial charge on any atom is -0.496 e. The van der Waals surface area contributed by atoms with Gasteiger partial charge in [0.15, 0.2) is 0 Å². The molecule has 0 aliphatic carbocycles. The van der Waals surface area contributed by atoms with Gasteiger partial charge in [0.25, 0.3) is 5.91 Å². The van der Waals surface area contributed by atoms with E-state index in [-0.39, 0.29) is 5.91 Å². The molecule has 0 aromatic heterocycles. The zero-order valence-electron chi connectivity index (χ0n) is 12.2. The molecule has 0 saturated heterocycles. The standard InChI is InChI=1S/C15H23NO2S/c1-5-7-10-16(6-2)15(17)13-9-8-12(19-4)11-14(13)18-3/h8-9,11H,5-7,10H2,1-4H3. The van der Waals surface area contributed by atoms with Crippen LogP contribution in [0.1, 0.15) is 37.0 Å². The monoisotopic (exact) mass is 281 g/mol. The highest BCUT2D eigenvalue weighted by atomic mass is 32.2. The van der Waals surface area contributed by atoms with Gasteiger partial charge >= 0.3 is 0 Å². The van der Waals surface area contributed by atoms with E-state index >= 15 is 0 Å². The largest absolute Gasteiger partial charge is 0.496 e. The number of hydrogen-bond acceptors (Lipinski definition) is 3. The van der Waals surface area contributed by atoms with Crippen LogP contribution in [0.2, 0.25) is 0 Å². The number of benzene rings is 1. The lowest BCUT2D eigenvalue weighted by molar-refractivity contribution is 0.0759. The van der Waals surface area contributed by atoms with E-state index in [1.165, 1.54) is 0 Å². The van der Waals surface area contributed by atoms with Crippen LogP contribution < -0.4 is 4.74 Å². The molecule has 0 fully saturated rings. The SMILES string of the molecule is CCCCN(CC)C(=O)c1ccc(SC)cc1OC. The Morgan fingerprint density at radius 3 is 2.63 bits per heavy atom. The van der Waals surface area contributed by atoms with Gasteiger partial charge in [0.2, 0.25) is 0 Å². The summed E-state index contributed by atoms with van der Waals surface area (Å²) < 4.78 is 5.35. The van der Waals surface area contributed by atoms with Crippen molar-refractivity contribution in [2.75, 3.05) is 26.5 Å². The van der Waals surface area contributed by atoms with Crippen molar-refractivity contribution in [3.63, 3.8) is 0 Å². The Bertz CT molecular complexity index is 421. The van der Waals surface area contributed by atoms with E-state index < -0.39 is 0 Å². The molecule has 1 rings (SSSR count). The third kappa shape index (κ3) is 4.16. The molecular weight excluding hydrogens is 258 g/mol. The Morgan fingerprint density at radius 2 is 2.11 bits per heavy atom. The zero-order chi connectivity index (χ0) is 14.3. The Balaban J connectivity index is 2.96. The summed E-state index contributed by atoms with van der Waals surface area (Å²) in [6, 6.07) is 5.75. The van der Waals surface area contributed by atoms with Gasteiger partial charge in [-0.15, -0.1) is 11.8 Å². The van der Waals surface area contributed by atoms with E-state index in [2.05, 4.69) is 6.92 Å².